The third kappa shape index (κ3) is 3.51. The monoisotopic (exact) mass is 353 g/mol. The Labute approximate surface area is 151 Å². The summed E-state index contributed by atoms with van der Waals surface area (Å²) in [5.74, 6) is 0.720. The lowest BCUT2D eigenvalue weighted by Crippen LogP contribution is -2.32. The van der Waals surface area contributed by atoms with E-state index in [-0.39, 0.29) is 17.9 Å². The first-order valence-electron chi connectivity index (χ1n) is 8.71. The van der Waals surface area contributed by atoms with Crippen LogP contribution in [0, 0.1) is 6.92 Å². The number of carbonyl (C=O) groups excluding carboxylic acids is 1. The Morgan fingerprint density at radius 1 is 1.27 bits per heavy atom. The van der Waals surface area contributed by atoms with Crippen molar-refractivity contribution in [2.45, 2.75) is 39.9 Å². The number of nitrogens with zero attached hydrogens (tertiary/aromatic N) is 5. The van der Waals surface area contributed by atoms with Gasteiger partial charge in [0.15, 0.2) is 11.3 Å². The van der Waals surface area contributed by atoms with Crippen molar-refractivity contribution in [3.63, 3.8) is 0 Å². The average molecular weight is 353 g/mol. The van der Waals surface area contributed by atoms with Gasteiger partial charge in [-0.1, -0.05) is 19.1 Å². The molecule has 0 spiro atoms. The summed E-state index contributed by atoms with van der Waals surface area (Å²) < 4.78 is 3.84. The molecule has 0 saturated carbocycles. The van der Waals surface area contributed by atoms with Crippen molar-refractivity contribution < 1.29 is 4.79 Å². The SMILES string of the molecule is CCCn1cnnc1CN(C)C(=O)Cn1c(C)cc(=O)c2ccccc21. The van der Waals surface area contributed by atoms with E-state index in [0.29, 0.717) is 11.9 Å². The Hall–Kier alpha value is -2.96. The first kappa shape index (κ1) is 17.8. The van der Waals surface area contributed by atoms with Crippen LogP contribution in [0.5, 0.6) is 0 Å². The number of benzene rings is 1. The fourth-order valence-electron chi connectivity index (χ4n) is 3.05. The fourth-order valence-corrected chi connectivity index (χ4v) is 3.05. The predicted molar refractivity (Wildman–Crippen MR) is 99.7 cm³/mol. The molecule has 0 bridgehead atoms. The summed E-state index contributed by atoms with van der Waals surface area (Å²) in [6, 6.07) is 8.94. The zero-order chi connectivity index (χ0) is 18.7. The highest BCUT2D eigenvalue weighted by Crippen LogP contribution is 2.13. The van der Waals surface area contributed by atoms with Crippen molar-refractivity contribution in [2.24, 2.45) is 0 Å². The first-order chi connectivity index (χ1) is 12.5. The molecule has 136 valence electrons. The van der Waals surface area contributed by atoms with Crippen LogP contribution in [-0.2, 0) is 24.4 Å². The zero-order valence-electron chi connectivity index (χ0n) is 15.3. The lowest BCUT2D eigenvalue weighted by atomic mass is 10.2. The summed E-state index contributed by atoms with van der Waals surface area (Å²) in [5.41, 5.74) is 1.51. The number of likely N-dealkylation sites (N-methyl/N-ethyl adjacent to an activating group) is 1. The Balaban J connectivity index is 1.83. The lowest BCUT2D eigenvalue weighted by Gasteiger charge is -2.20. The van der Waals surface area contributed by atoms with Crippen molar-refractivity contribution in [1.29, 1.82) is 0 Å². The molecule has 0 saturated heterocycles. The van der Waals surface area contributed by atoms with Gasteiger partial charge < -0.3 is 14.0 Å². The maximum atomic E-state index is 12.8. The topological polar surface area (TPSA) is 73.0 Å². The van der Waals surface area contributed by atoms with E-state index >= 15 is 0 Å². The molecule has 0 radical (unpaired) electrons. The molecule has 0 aliphatic rings. The zero-order valence-corrected chi connectivity index (χ0v) is 15.3. The molecule has 3 rings (SSSR count). The van der Waals surface area contributed by atoms with Crippen molar-refractivity contribution >= 4 is 16.8 Å². The third-order valence-electron chi connectivity index (χ3n) is 4.48. The standard InChI is InChI=1S/C19H23N5O2/c1-4-9-23-13-20-21-18(23)11-22(3)19(26)12-24-14(2)10-17(25)15-7-5-6-8-16(15)24/h5-8,10,13H,4,9,11-12H2,1-3H3. The summed E-state index contributed by atoms with van der Waals surface area (Å²) in [6.45, 7) is 5.33. The average Bonchev–Trinajstić information content (AvgIpc) is 3.05. The minimum atomic E-state index is -0.0482. The second-order valence-corrected chi connectivity index (χ2v) is 6.44. The van der Waals surface area contributed by atoms with E-state index in [2.05, 4.69) is 17.1 Å². The molecule has 0 aliphatic carbocycles. The van der Waals surface area contributed by atoms with E-state index in [1.807, 2.05) is 34.3 Å². The van der Waals surface area contributed by atoms with E-state index in [4.69, 9.17) is 0 Å². The van der Waals surface area contributed by atoms with Crippen LogP contribution in [0.4, 0.5) is 0 Å². The summed E-state index contributed by atoms with van der Waals surface area (Å²) in [7, 11) is 1.76. The van der Waals surface area contributed by atoms with E-state index in [9.17, 15) is 9.59 Å². The van der Waals surface area contributed by atoms with Crippen LogP contribution in [0.25, 0.3) is 10.9 Å². The van der Waals surface area contributed by atoms with E-state index in [1.165, 1.54) is 0 Å². The molecule has 7 heteroatoms. The Bertz CT molecular complexity index is 989. The Kier molecular flexibility index (Phi) is 5.16. The van der Waals surface area contributed by atoms with Gasteiger partial charge in [0, 0.05) is 30.7 Å². The predicted octanol–water partition coefficient (Wildman–Crippen LogP) is 1.97. The van der Waals surface area contributed by atoms with Crippen molar-refractivity contribution in [1.82, 2.24) is 24.2 Å². The smallest absolute Gasteiger partial charge is 0.242 e. The lowest BCUT2D eigenvalue weighted by molar-refractivity contribution is -0.131. The molecule has 1 aromatic carbocycles. The highest BCUT2D eigenvalue weighted by atomic mass is 16.2. The number of hydrogen-bond donors (Lipinski definition) is 0. The second-order valence-electron chi connectivity index (χ2n) is 6.44. The summed E-state index contributed by atoms with van der Waals surface area (Å²) in [5, 5.41) is 8.67. The maximum Gasteiger partial charge on any atom is 0.242 e. The van der Waals surface area contributed by atoms with Gasteiger partial charge in [-0.05, 0) is 25.5 Å². The van der Waals surface area contributed by atoms with Crippen LogP contribution >= 0.6 is 0 Å². The number of amides is 1. The van der Waals surface area contributed by atoms with E-state index in [0.717, 1.165) is 30.0 Å². The van der Waals surface area contributed by atoms with Crippen LogP contribution in [0.1, 0.15) is 24.9 Å². The molecule has 1 amide bonds. The summed E-state index contributed by atoms with van der Waals surface area (Å²) >= 11 is 0. The van der Waals surface area contributed by atoms with Gasteiger partial charge >= 0.3 is 0 Å². The number of rotatable bonds is 6. The van der Waals surface area contributed by atoms with Crippen LogP contribution < -0.4 is 5.43 Å². The molecule has 2 heterocycles. The number of fused-ring (bicyclic) bond motifs is 1. The number of carbonyl (C=O) groups is 1. The molecule has 2 aromatic heterocycles. The molecule has 3 aromatic rings. The molecule has 0 atom stereocenters. The summed E-state index contributed by atoms with van der Waals surface area (Å²) in [6.07, 6.45) is 2.67. The van der Waals surface area contributed by atoms with Crippen LogP contribution in [0.2, 0.25) is 0 Å². The number of aromatic nitrogens is 4. The molecular formula is C19H23N5O2. The van der Waals surface area contributed by atoms with Gasteiger partial charge in [-0.15, -0.1) is 10.2 Å². The number of aryl methyl sites for hydroxylation is 2. The molecule has 0 aliphatic heterocycles. The highest BCUT2D eigenvalue weighted by molar-refractivity contribution is 5.82. The van der Waals surface area contributed by atoms with Gasteiger partial charge in [-0.2, -0.15) is 0 Å². The van der Waals surface area contributed by atoms with Crippen molar-refractivity contribution in [2.75, 3.05) is 7.05 Å². The van der Waals surface area contributed by atoms with Gasteiger partial charge in [-0.25, -0.2) is 0 Å². The second kappa shape index (κ2) is 7.51. The Morgan fingerprint density at radius 3 is 2.81 bits per heavy atom. The van der Waals surface area contributed by atoms with Gasteiger partial charge in [0.25, 0.3) is 0 Å². The quantitative estimate of drug-likeness (QED) is 0.679. The molecule has 0 fully saturated rings. The summed E-state index contributed by atoms with van der Waals surface area (Å²) in [4.78, 5) is 26.6. The first-order valence-corrected chi connectivity index (χ1v) is 8.71. The number of pyridine rings is 1. The van der Waals surface area contributed by atoms with Crippen molar-refractivity contribution in [3.8, 4) is 0 Å². The van der Waals surface area contributed by atoms with E-state index < -0.39 is 0 Å². The highest BCUT2D eigenvalue weighted by Gasteiger charge is 2.15. The number of hydrogen-bond acceptors (Lipinski definition) is 4. The minimum absolute atomic E-state index is 0.0252. The van der Waals surface area contributed by atoms with Gasteiger partial charge in [0.1, 0.15) is 12.9 Å². The Morgan fingerprint density at radius 2 is 2.04 bits per heavy atom. The van der Waals surface area contributed by atoms with Gasteiger partial charge in [-0.3, -0.25) is 9.59 Å². The molecule has 26 heavy (non-hydrogen) atoms. The van der Waals surface area contributed by atoms with Crippen LogP contribution in [0.15, 0.2) is 41.5 Å². The molecular weight excluding hydrogens is 330 g/mol. The van der Waals surface area contributed by atoms with Crippen LogP contribution in [-0.4, -0.2) is 37.2 Å². The minimum Gasteiger partial charge on any atom is -0.337 e. The maximum absolute atomic E-state index is 12.8. The largest absolute Gasteiger partial charge is 0.337 e. The fraction of sp³-hybridized carbons (Fsp3) is 0.368. The van der Waals surface area contributed by atoms with Gasteiger partial charge in [0.2, 0.25) is 5.91 Å². The normalized spacial score (nSPS) is 11.0. The van der Waals surface area contributed by atoms with E-state index in [1.54, 1.807) is 30.4 Å². The van der Waals surface area contributed by atoms with Crippen molar-refractivity contribution in [3.05, 3.63) is 58.4 Å². The number of para-hydroxylation sites is 1. The third-order valence-corrected chi connectivity index (χ3v) is 4.48. The molecule has 0 N–H and O–H groups in total. The molecule has 0 unspecified atom stereocenters. The molecule has 7 nitrogen and oxygen atoms in total. The van der Waals surface area contributed by atoms with Gasteiger partial charge in [0.05, 0.1) is 12.1 Å². The van der Waals surface area contributed by atoms with Crippen LogP contribution in [0.3, 0.4) is 0 Å².